The molecule has 2 aromatic rings. The predicted molar refractivity (Wildman–Crippen MR) is 104 cm³/mol. The largest absolute Gasteiger partial charge is 0.388 e. The molecule has 1 atom stereocenters. The van der Waals surface area contributed by atoms with Crippen molar-refractivity contribution in [1.82, 2.24) is 4.90 Å². The number of urea groups is 1. The molecule has 27 heavy (non-hydrogen) atoms. The number of carbonyl (C=O) groups is 2. The maximum absolute atomic E-state index is 12.6. The van der Waals surface area contributed by atoms with Gasteiger partial charge in [0.05, 0.1) is 0 Å². The molecule has 140 valence electrons. The first kappa shape index (κ1) is 17.7. The maximum Gasteiger partial charge on any atom is 0.321 e. The Morgan fingerprint density at radius 3 is 2.67 bits per heavy atom. The van der Waals surface area contributed by atoms with Gasteiger partial charge in [0.2, 0.25) is 0 Å². The molecule has 5 nitrogen and oxygen atoms in total. The number of amides is 2. The molecule has 1 heterocycles. The summed E-state index contributed by atoms with van der Waals surface area (Å²) >= 11 is 0. The summed E-state index contributed by atoms with van der Waals surface area (Å²) in [6.45, 7) is 1.03. The van der Waals surface area contributed by atoms with Crippen molar-refractivity contribution < 1.29 is 14.7 Å². The number of hydrogen-bond donors (Lipinski definition) is 2. The minimum Gasteiger partial charge on any atom is -0.388 e. The smallest absolute Gasteiger partial charge is 0.321 e. The van der Waals surface area contributed by atoms with Crippen LogP contribution in [0, 0.1) is 5.41 Å². The molecule has 1 aliphatic carbocycles. The summed E-state index contributed by atoms with van der Waals surface area (Å²) in [5.74, 6) is -0.243. The standard InChI is InChI=1S/C22H24N2O3/c25-14-20(26)17-7-6-16-8-9-22(13-18(16)12-17)10-11-24(15-22)21(27)23-19-4-2-1-3-5-19/h1-7,12,25H,8-11,13-15H2,(H,23,27). The van der Waals surface area contributed by atoms with Gasteiger partial charge in [0.25, 0.3) is 0 Å². The molecule has 4 rings (SSSR count). The number of nitrogens with zero attached hydrogens (tertiary/aromatic N) is 1. The lowest BCUT2D eigenvalue weighted by Gasteiger charge is -2.35. The number of aliphatic hydroxyl groups is 1. The van der Waals surface area contributed by atoms with Gasteiger partial charge >= 0.3 is 6.03 Å². The molecule has 1 spiro atoms. The highest BCUT2D eigenvalue weighted by atomic mass is 16.3. The number of Topliss-reactive ketones (excluding diaryl/α,β-unsaturated/α-hetero) is 1. The lowest BCUT2D eigenvalue weighted by molar-refractivity contribution is 0.0903. The molecule has 0 radical (unpaired) electrons. The number of carbonyl (C=O) groups excluding carboxylic acids is 2. The molecule has 2 aliphatic rings. The van der Waals surface area contributed by atoms with Crippen LogP contribution in [0.1, 0.15) is 34.3 Å². The summed E-state index contributed by atoms with van der Waals surface area (Å²) < 4.78 is 0. The van der Waals surface area contributed by atoms with Gasteiger partial charge in [-0.15, -0.1) is 0 Å². The van der Waals surface area contributed by atoms with Gasteiger partial charge in [-0.3, -0.25) is 4.79 Å². The Labute approximate surface area is 159 Å². The van der Waals surface area contributed by atoms with E-state index in [9.17, 15) is 9.59 Å². The minimum absolute atomic E-state index is 0.0481. The number of anilines is 1. The summed E-state index contributed by atoms with van der Waals surface area (Å²) in [5, 5.41) is 12.1. The van der Waals surface area contributed by atoms with E-state index in [1.165, 1.54) is 11.1 Å². The number of aryl methyl sites for hydroxylation is 1. The normalized spacial score (nSPS) is 21.1. The number of benzene rings is 2. The summed E-state index contributed by atoms with van der Waals surface area (Å²) in [4.78, 5) is 26.3. The molecule has 1 fully saturated rings. The lowest BCUT2D eigenvalue weighted by atomic mass is 9.70. The molecule has 2 N–H and O–H groups in total. The fourth-order valence-corrected chi connectivity index (χ4v) is 4.37. The van der Waals surface area contributed by atoms with E-state index in [2.05, 4.69) is 5.32 Å². The van der Waals surface area contributed by atoms with Crippen LogP contribution in [-0.4, -0.2) is 41.5 Å². The van der Waals surface area contributed by atoms with Gasteiger partial charge in [0, 0.05) is 24.3 Å². The fraction of sp³-hybridized carbons (Fsp3) is 0.364. The van der Waals surface area contributed by atoms with E-state index in [1.54, 1.807) is 0 Å². The Balaban J connectivity index is 1.46. The van der Waals surface area contributed by atoms with Gasteiger partial charge in [-0.25, -0.2) is 4.79 Å². The minimum atomic E-state index is -0.461. The third-order valence-electron chi connectivity index (χ3n) is 5.91. The monoisotopic (exact) mass is 364 g/mol. The SMILES string of the molecule is O=C(CO)c1ccc2c(c1)CC1(CC2)CCN(C(=O)Nc2ccccc2)C1. The third-order valence-corrected chi connectivity index (χ3v) is 5.91. The Kier molecular flexibility index (Phi) is 4.70. The van der Waals surface area contributed by atoms with Crippen LogP contribution in [0.5, 0.6) is 0 Å². The third kappa shape index (κ3) is 3.60. The molecular formula is C22H24N2O3. The molecule has 1 aliphatic heterocycles. The first-order valence-electron chi connectivity index (χ1n) is 9.45. The molecule has 1 unspecified atom stereocenters. The Morgan fingerprint density at radius 1 is 1.07 bits per heavy atom. The average Bonchev–Trinajstić information content (AvgIpc) is 3.11. The Hall–Kier alpha value is -2.66. The number of fused-ring (bicyclic) bond motifs is 1. The molecule has 0 bridgehead atoms. The van der Waals surface area contributed by atoms with Crippen LogP contribution in [0.2, 0.25) is 0 Å². The van der Waals surface area contributed by atoms with Crippen molar-refractivity contribution in [2.45, 2.75) is 25.7 Å². The van der Waals surface area contributed by atoms with Crippen molar-refractivity contribution in [3.8, 4) is 0 Å². The summed E-state index contributed by atoms with van der Waals surface area (Å²) in [6.07, 6.45) is 3.89. The van der Waals surface area contributed by atoms with Gasteiger partial charge in [-0.2, -0.15) is 0 Å². The highest BCUT2D eigenvalue weighted by Gasteiger charge is 2.42. The fourth-order valence-electron chi connectivity index (χ4n) is 4.37. The van der Waals surface area contributed by atoms with Crippen molar-refractivity contribution in [2.75, 3.05) is 25.0 Å². The predicted octanol–water partition coefficient (Wildman–Crippen LogP) is 3.27. The van der Waals surface area contributed by atoms with Gasteiger partial charge in [-0.05, 0) is 60.4 Å². The quantitative estimate of drug-likeness (QED) is 0.821. The zero-order valence-electron chi connectivity index (χ0n) is 15.3. The van der Waals surface area contributed by atoms with E-state index < -0.39 is 6.61 Å². The molecule has 0 saturated carbocycles. The second-order valence-electron chi connectivity index (χ2n) is 7.71. The number of likely N-dealkylation sites (tertiary alicyclic amines) is 1. The van der Waals surface area contributed by atoms with Crippen molar-refractivity contribution in [3.63, 3.8) is 0 Å². The van der Waals surface area contributed by atoms with Gasteiger partial charge in [0.1, 0.15) is 6.61 Å². The number of hydrogen-bond acceptors (Lipinski definition) is 3. The Morgan fingerprint density at radius 2 is 1.89 bits per heavy atom. The van der Waals surface area contributed by atoms with Crippen LogP contribution in [0.15, 0.2) is 48.5 Å². The summed E-state index contributed by atoms with van der Waals surface area (Å²) in [6, 6.07) is 15.2. The van der Waals surface area contributed by atoms with Crippen molar-refractivity contribution in [1.29, 1.82) is 0 Å². The van der Waals surface area contributed by atoms with Crippen LogP contribution in [0.4, 0.5) is 10.5 Å². The van der Waals surface area contributed by atoms with Crippen LogP contribution < -0.4 is 5.32 Å². The first-order chi connectivity index (χ1) is 13.1. The number of ketones is 1. The van der Waals surface area contributed by atoms with E-state index >= 15 is 0 Å². The molecular weight excluding hydrogens is 340 g/mol. The lowest BCUT2D eigenvalue weighted by Crippen LogP contribution is -2.37. The number of para-hydroxylation sites is 1. The Bertz CT molecular complexity index is 865. The van der Waals surface area contributed by atoms with E-state index in [0.717, 1.165) is 44.5 Å². The van der Waals surface area contributed by atoms with Crippen LogP contribution in [0.25, 0.3) is 0 Å². The summed E-state index contributed by atoms with van der Waals surface area (Å²) in [5.41, 5.74) is 3.93. The highest BCUT2D eigenvalue weighted by Crippen LogP contribution is 2.43. The van der Waals surface area contributed by atoms with E-state index in [1.807, 2.05) is 53.4 Å². The zero-order valence-corrected chi connectivity index (χ0v) is 15.3. The van der Waals surface area contributed by atoms with Crippen LogP contribution >= 0.6 is 0 Å². The molecule has 2 aromatic carbocycles. The van der Waals surface area contributed by atoms with E-state index in [4.69, 9.17) is 5.11 Å². The molecule has 1 saturated heterocycles. The second-order valence-corrected chi connectivity index (χ2v) is 7.71. The van der Waals surface area contributed by atoms with Gasteiger partial charge in [0.15, 0.2) is 5.78 Å². The molecule has 2 amide bonds. The number of nitrogens with one attached hydrogen (secondary N) is 1. The van der Waals surface area contributed by atoms with E-state index in [0.29, 0.717) is 5.56 Å². The van der Waals surface area contributed by atoms with Gasteiger partial charge < -0.3 is 15.3 Å². The van der Waals surface area contributed by atoms with E-state index in [-0.39, 0.29) is 17.2 Å². The van der Waals surface area contributed by atoms with Crippen LogP contribution in [-0.2, 0) is 12.8 Å². The second kappa shape index (κ2) is 7.16. The number of rotatable bonds is 3. The zero-order chi connectivity index (χ0) is 18.9. The summed E-state index contributed by atoms with van der Waals surface area (Å²) in [7, 11) is 0. The van der Waals surface area contributed by atoms with Crippen molar-refractivity contribution in [3.05, 3.63) is 65.2 Å². The average molecular weight is 364 g/mol. The van der Waals surface area contributed by atoms with Crippen molar-refractivity contribution >= 4 is 17.5 Å². The first-order valence-corrected chi connectivity index (χ1v) is 9.45. The highest BCUT2D eigenvalue weighted by molar-refractivity contribution is 5.97. The van der Waals surface area contributed by atoms with Crippen molar-refractivity contribution in [2.24, 2.45) is 5.41 Å². The molecule has 0 aromatic heterocycles. The maximum atomic E-state index is 12.6. The number of aliphatic hydroxyl groups excluding tert-OH is 1. The van der Waals surface area contributed by atoms with Gasteiger partial charge in [-0.1, -0.05) is 30.3 Å². The topological polar surface area (TPSA) is 69.6 Å². The van der Waals surface area contributed by atoms with Crippen LogP contribution in [0.3, 0.4) is 0 Å². The molecule has 5 heteroatoms.